The topological polar surface area (TPSA) is 28.3 Å². The summed E-state index contributed by atoms with van der Waals surface area (Å²) in [5.41, 5.74) is 3.25. The zero-order valence-electron chi connectivity index (χ0n) is 21.5. The van der Waals surface area contributed by atoms with Gasteiger partial charge in [0.1, 0.15) is 18.3 Å². The van der Waals surface area contributed by atoms with Gasteiger partial charge in [-0.2, -0.15) is 0 Å². The van der Waals surface area contributed by atoms with Crippen molar-refractivity contribution in [3.8, 4) is 12.3 Å². The van der Waals surface area contributed by atoms with Crippen molar-refractivity contribution in [3.63, 3.8) is 0 Å². The summed E-state index contributed by atoms with van der Waals surface area (Å²) in [6.07, 6.45) is 7.65. The van der Waals surface area contributed by atoms with Gasteiger partial charge in [0.15, 0.2) is 0 Å². The Hall–Kier alpha value is -3.40. The number of halogens is 4. The number of nitrogens with one attached hydrogen (secondary N) is 1. The van der Waals surface area contributed by atoms with Crippen LogP contribution in [0.15, 0.2) is 71.8 Å². The minimum atomic E-state index is -0.635. The number of terminal acetylenes is 1. The lowest BCUT2D eigenvalue weighted by molar-refractivity contribution is 0.0553. The van der Waals surface area contributed by atoms with Crippen LogP contribution in [0.1, 0.15) is 31.5 Å². The van der Waals surface area contributed by atoms with E-state index in [4.69, 9.17) is 22.8 Å². The third-order valence-electron chi connectivity index (χ3n) is 6.66. The van der Waals surface area contributed by atoms with E-state index < -0.39 is 11.6 Å². The predicted octanol–water partition coefficient (Wildman–Crippen LogP) is 7.96. The van der Waals surface area contributed by atoms with E-state index in [-0.39, 0.29) is 23.2 Å². The number of hydrogen-bond acceptors (Lipinski definition) is 2. The standard InChI is InChI=1S/C31H30ClF3N2O/c1-4-24(26-11-10-23(34)16-27(26)32)31(30-15-22-8-6-7-9-29(22)36-30)25(5-2)28(35)14-20(3)38-13-12-37-18-21(17-33)19-37/h2,6-11,14-16,21,36H,4,12-13,17-19H2,1,3H3/b20-14+,28-25-,31-24+. The molecule has 3 nitrogen and oxygen atoms in total. The monoisotopic (exact) mass is 538 g/mol. The third-order valence-corrected chi connectivity index (χ3v) is 6.98. The Morgan fingerprint density at radius 3 is 2.66 bits per heavy atom. The molecule has 0 amide bonds. The highest BCUT2D eigenvalue weighted by Gasteiger charge is 2.26. The minimum absolute atomic E-state index is 0.0327. The summed E-state index contributed by atoms with van der Waals surface area (Å²) in [6.45, 7) is 5.69. The molecule has 1 aromatic heterocycles. The predicted molar refractivity (Wildman–Crippen MR) is 149 cm³/mol. The van der Waals surface area contributed by atoms with Crippen LogP contribution in [0.4, 0.5) is 13.2 Å². The molecule has 2 aromatic carbocycles. The Bertz CT molecular complexity index is 1410. The number of rotatable bonds is 10. The number of aromatic nitrogens is 1. The molecule has 0 spiro atoms. The molecule has 0 unspecified atom stereocenters. The number of alkyl halides is 1. The van der Waals surface area contributed by atoms with Crippen molar-refractivity contribution in [1.29, 1.82) is 0 Å². The van der Waals surface area contributed by atoms with E-state index in [2.05, 4.69) is 15.8 Å². The largest absolute Gasteiger partial charge is 0.497 e. The zero-order valence-corrected chi connectivity index (χ0v) is 22.2. The molecule has 1 aliphatic heterocycles. The van der Waals surface area contributed by atoms with E-state index in [9.17, 15) is 8.78 Å². The molecule has 0 saturated carbocycles. The molecule has 0 bridgehead atoms. The third kappa shape index (κ3) is 6.18. The van der Waals surface area contributed by atoms with Crippen molar-refractivity contribution in [3.05, 3.63) is 93.9 Å². The molecule has 1 saturated heterocycles. The van der Waals surface area contributed by atoms with Crippen LogP contribution in [-0.2, 0) is 4.74 Å². The van der Waals surface area contributed by atoms with Crippen LogP contribution >= 0.6 is 11.6 Å². The molecule has 2 heterocycles. The van der Waals surface area contributed by atoms with E-state index in [1.165, 1.54) is 18.2 Å². The van der Waals surface area contributed by atoms with E-state index >= 15 is 4.39 Å². The van der Waals surface area contributed by atoms with Crippen LogP contribution in [0.3, 0.4) is 0 Å². The normalized spacial score (nSPS) is 16.1. The molecule has 1 N–H and O–H groups in total. The summed E-state index contributed by atoms with van der Waals surface area (Å²) in [4.78, 5) is 5.44. The van der Waals surface area contributed by atoms with Gasteiger partial charge in [0.2, 0.25) is 0 Å². The van der Waals surface area contributed by atoms with Gasteiger partial charge in [-0.3, -0.25) is 9.29 Å². The Morgan fingerprint density at radius 2 is 2.00 bits per heavy atom. The number of allylic oxidation sites excluding steroid dienone is 6. The second-order valence-corrected chi connectivity index (χ2v) is 9.76. The van der Waals surface area contributed by atoms with Gasteiger partial charge in [-0.05, 0) is 48.7 Å². The maximum atomic E-state index is 15.8. The highest BCUT2D eigenvalue weighted by Crippen LogP contribution is 2.39. The number of aromatic amines is 1. The quantitative estimate of drug-likeness (QED) is 0.161. The maximum absolute atomic E-state index is 15.8. The number of nitrogens with zero attached hydrogens (tertiary/aromatic N) is 1. The lowest BCUT2D eigenvalue weighted by Crippen LogP contribution is -2.48. The van der Waals surface area contributed by atoms with Gasteiger partial charge in [0.05, 0.1) is 23.0 Å². The zero-order chi connectivity index (χ0) is 27.2. The van der Waals surface area contributed by atoms with Gasteiger partial charge in [-0.1, -0.05) is 48.7 Å². The van der Waals surface area contributed by atoms with E-state index in [1.54, 1.807) is 13.0 Å². The van der Waals surface area contributed by atoms with Gasteiger partial charge >= 0.3 is 0 Å². The van der Waals surface area contributed by atoms with Crippen LogP contribution in [0.2, 0.25) is 5.02 Å². The summed E-state index contributed by atoms with van der Waals surface area (Å²) in [5, 5.41) is 1.15. The number of H-pyrrole nitrogens is 1. The van der Waals surface area contributed by atoms with E-state index in [1.807, 2.05) is 37.3 Å². The first-order chi connectivity index (χ1) is 18.3. The number of benzene rings is 2. The van der Waals surface area contributed by atoms with Crippen molar-refractivity contribution in [2.75, 3.05) is 32.9 Å². The highest BCUT2D eigenvalue weighted by atomic mass is 35.5. The summed E-state index contributed by atoms with van der Waals surface area (Å²) in [5.74, 6) is 1.90. The van der Waals surface area contributed by atoms with Crippen LogP contribution < -0.4 is 0 Å². The second kappa shape index (κ2) is 12.4. The lowest BCUT2D eigenvalue weighted by atomic mass is 9.90. The van der Waals surface area contributed by atoms with Crippen molar-refractivity contribution >= 4 is 33.7 Å². The number of fused-ring (bicyclic) bond motifs is 1. The molecular formula is C31H30ClF3N2O. The molecule has 7 heteroatoms. The van der Waals surface area contributed by atoms with Crippen LogP contribution in [0, 0.1) is 24.1 Å². The van der Waals surface area contributed by atoms with Crippen LogP contribution in [-0.4, -0.2) is 42.8 Å². The minimum Gasteiger partial charge on any atom is -0.497 e. The van der Waals surface area contributed by atoms with Gasteiger partial charge < -0.3 is 9.72 Å². The Labute approximate surface area is 226 Å². The first-order valence-corrected chi connectivity index (χ1v) is 12.9. The van der Waals surface area contributed by atoms with Crippen molar-refractivity contribution in [2.45, 2.75) is 20.3 Å². The summed E-state index contributed by atoms with van der Waals surface area (Å²) in [7, 11) is 0. The molecule has 0 radical (unpaired) electrons. The first kappa shape index (κ1) is 27.6. The second-order valence-electron chi connectivity index (χ2n) is 9.35. The van der Waals surface area contributed by atoms with E-state index in [0.717, 1.165) is 10.9 Å². The van der Waals surface area contributed by atoms with E-state index in [0.29, 0.717) is 60.8 Å². The molecule has 1 fully saturated rings. The van der Waals surface area contributed by atoms with Crippen molar-refractivity contribution < 1.29 is 17.9 Å². The SMILES string of the molecule is C#CC(=C(F)\C=C(/C)OCCN1CC(CF)C1)/C(=C(/CC)c1ccc(F)cc1Cl)c1cc2ccccc2[nH]1. The molecule has 0 atom stereocenters. The summed E-state index contributed by atoms with van der Waals surface area (Å²) >= 11 is 6.44. The summed E-state index contributed by atoms with van der Waals surface area (Å²) < 4.78 is 48.0. The van der Waals surface area contributed by atoms with Gasteiger partial charge in [-0.15, -0.1) is 6.42 Å². The smallest absolute Gasteiger partial charge is 0.142 e. The molecule has 1 aliphatic rings. The number of ether oxygens (including phenoxy) is 1. The Kier molecular flexibility index (Phi) is 9.04. The van der Waals surface area contributed by atoms with Crippen molar-refractivity contribution in [2.24, 2.45) is 5.92 Å². The number of hydrogen-bond donors (Lipinski definition) is 1. The van der Waals surface area contributed by atoms with Crippen LogP contribution in [0.5, 0.6) is 0 Å². The average molecular weight is 539 g/mol. The molecule has 198 valence electrons. The number of likely N-dealkylation sites (tertiary alicyclic amines) is 1. The number of para-hydroxylation sites is 1. The summed E-state index contributed by atoms with van der Waals surface area (Å²) in [6, 6.07) is 13.7. The van der Waals surface area contributed by atoms with Gasteiger partial charge in [-0.25, -0.2) is 8.78 Å². The van der Waals surface area contributed by atoms with Crippen molar-refractivity contribution in [1.82, 2.24) is 9.88 Å². The molecule has 4 rings (SSSR count). The first-order valence-electron chi connectivity index (χ1n) is 12.6. The average Bonchev–Trinajstić information content (AvgIpc) is 3.30. The molecule has 0 aliphatic carbocycles. The fraction of sp³-hybridized carbons (Fsp3) is 0.290. The Morgan fingerprint density at radius 1 is 1.24 bits per heavy atom. The highest BCUT2D eigenvalue weighted by molar-refractivity contribution is 6.32. The fourth-order valence-electron chi connectivity index (χ4n) is 4.74. The fourth-order valence-corrected chi connectivity index (χ4v) is 5.02. The molecule has 3 aromatic rings. The lowest BCUT2D eigenvalue weighted by Gasteiger charge is -2.37. The van der Waals surface area contributed by atoms with Crippen LogP contribution in [0.25, 0.3) is 22.0 Å². The Balaban J connectivity index is 1.74. The van der Waals surface area contributed by atoms with Gasteiger partial charge in [0.25, 0.3) is 0 Å². The maximum Gasteiger partial charge on any atom is 0.142 e. The molecular weight excluding hydrogens is 509 g/mol. The molecule has 38 heavy (non-hydrogen) atoms. The van der Waals surface area contributed by atoms with Gasteiger partial charge in [0, 0.05) is 53.8 Å².